The molecule has 37 heavy (non-hydrogen) atoms. The van der Waals surface area contributed by atoms with Crippen LogP contribution < -0.4 is 10.1 Å². The first kappa shape index (κ1) is 24.1. The third kappa shape index (κ3) is 5.05. The fourth-order valence-corrected chi connectivity index (χ4v) is 4.94. The average Bonchev–Trinajstić information content (AvgIpc) is 3.25. The standard InChI is InChI=1S/C31H27NO5/c1-36-29-18-20(15-16-22(29)21-9-3-2-4-10-21)17-28(30(33)34)32-31(35)37-19-27-25-13-7-5-11-23(25)24-12-6-8-14-26(24)27/h2-16,18,27-28H,17,19H2,1H3,(H,32,35)(H,33,34)/t28-/m0/s1. The van der Waals surface area contributed by atoms with Crippen molar-refractivity contribution in [3.05, 3.63) is 114 Å². The Morgan fingerprint density at radius 2 is 1.46 bits per heavy atom. The number of hydrogen-bond acceptors (Lipinski definition) is 4. The van der Waals surface area contributed by atoms with Crippen molar-refractivity contribution in [1.82, 2.24) is 5.32 Å². The van der Waals surface area contributed by atoms with Gasteiger partial charge in [0, 0.05) is 17.9 Å². The molecular weight excluding hydrogens is 466 g/mol. The van der Waals surface area contributed by atoms with E-state index in [-0.39, 0.29) is 18.9 Å². The predicted molar refractivity (Wildman–Crippen MR) is 142 cm³/mol. The molecule has 0 bridgehead atoms. The number of ether oxygens (including phenoxy) is 2. The highest BCUT2D eigenvalue weighted by molar-refractivity contribution is 5.81. The molecule has 0 aromatic heterocycles. The summed E-state index contributed by atoms with van der Waals surface area (Å²) in [4.78, 5) is 24.6. The van der Waals surface area contributed by atoms with E-state index in [1.165, 1.54) is 0 Å². The van der Waals surface area contributed by atoms with Gasteiger partial charge >= 0.3 is 12.1 Å². The number of alkyl carbamates (subject to hydrolysis) is 1. The highest BCUT2D eigenvalue weighted by Gasteiger charge is 2.30. The van der Waals surface area contributed by atoms with Crippen molar-refractivity contribution in [2.45, 2.75) is 18.4 Å². The average molecular weight is 494 g/mol. The summed E-state index contributed by atoms with van der Waals surface area (Å²) in [6, 6.07) is 30.3. The Kier molecular flexibility index (Phi) is 6.90. The smallest absolute Gasteiger partial charge is 0.407 e. The van der Waals surface area contributed by atoms with Gasteiger partial charge in [-0.25, -0.2) is 9.59 Å². The van der Waals surface area contributed by atoms with Crippen LogP contribution in [0.4, 0.5) is 4.79 Å². The molecule has 0 saturated heterocycles. The molecule has 1 aliphatic carbocycles. The number of carbonyl (C=O) groups is 2. The monoisotopic (exact) mass is 493 g/mol. The maximum absolute atomic E-state index is 12.7. The lowest BCUT2D eigenvalue weighted by atomic mass is 9.98. The molecule has 0 saturated carbocycles. The highest BCUT2D eigenvalue weighted by atomic mass is 16.5. The first-order valence-electron chi connectivity index (χ1n) is 12.1. The fraction of sp³-hybridized carbons (Fsp3) is 0.161. The summed E-state index contributed by atoms with van der Waals surface area (Å²) in [5.41, 5.74) is 7.07. The molecule has 0 radical (unpaired) electrons. The number of carboxylic acids is 1. The van der Waals surface area contributed by atoms with E-state index in [2.05, 4.69) is 17.4 Å². The molecule has 1 aliphatic rings. The number of nitrogens with one attached hydrogen (secondary N) is 1. The maximum Gasteiger partial charge on any atom is 0.407 e. The highest BCUT2D eigenvalue weighted by Crippen LogP contribution is 2.44. The van der Waals surface area contributed by atoms with Gasteiger partial charge in [-0.05, 0) is 39.4 Å². The molecule has 0 unspecified atom stereocenters. The summed E-state index contributed by atoms with van der Waals surface area (Å²) in [5.74, 6) is -0.607. The van der Waals surface area contributed by atoms with Crippen molar-refractivity contribution in [2.75, 3.05) is 13.7 Å². The summed E-state index contributed by atoms with van der Waals surface area (Å²) in [6.45, 7) is 0.117. The molecule has 4 aromatic carbocycles. The molecule has 0 heterocycles. The van der Waals surface area contributed by atoms with Crippen LogP contribution in [0.2, 0.25) is 0 Å². The van der Waals surface area contributed by atoms with E-state index < -0.39 is 18.1 Å². The first-order chi connectivity index (χ1) is 18.0. The zero-order valence-electron chi connectivity index (χ0n) is 20.4. The Labute approximate surface area is 215 Å². The second-order valence-electron chi connectivity index (χ2n) is 8.97. The van der Waals surface area contributed by atoms with E-state index in [9.17, 15) is 14.7 Å². The number of methoxy groups -OCH3 is 1. The van der Waals surface area contributed by atoms with Crippen molar-refractivity contribution >= 4 is 12.1 Å². The van der Waals surface area contributed by atoms with Crippen LogP contribution in [0.5, 0.6) is 5.75 Å². The summed E-state index contributed by atoms with van der Waals surface area (Å²) in [6.07, 6.45) is -0.674. The van der Waals surface area contributed by atoms with Crippen molar-refractivity contribution in [1.29, 1.82) is 0 Å². The number of rotatable bonds is 8. The van der Waals surface area contributed by atoms with E-state index in [1.807, 2.05) is 78.9 Å². The van der Waals surface area contributed by atoms with Gasteiger partial charge in [-0.3, -0.25) is 0 Å². The van der Waals surface area contributed by atoms with Crippen LogP contribution in [0, 0.1) is 0 Å². The Balaban J connectivity index is 1.26. The molecule has 4 aromatic rings. The predicted octanol–water partition coefficient (Wildman–Crippen LogP) is 5.90. The minimum Gasteiger partial charge on any atom is -0.496 e. The second kappa shape index (κ2) is 10.6. The summed E-state index contributed by atoms with van der Waals surface area (Å²) in [7, 11) is 1.58. The third-order valence-corrected chi connectivity index (χ3v) is 6.72. The molecule has 6 nitrogen and oxygen atoms in total. The number of carboxylic acid groups (broad SMARTS) is 1. The van der Waals surface area contributed by atoms with Crippen molar-refractivity contribution in [3.63, 3.8) is 0 Å². The Bertz CT molecular complexity index is 1390. The van der Waals surface area contributed by atoms with Gasteiger partial charge in [0.25, 0.3) is 0 Å². The van der Waals surface area contributed by atoms with Crippen molar-refractivity contribution in [3.8, 4) is 28.0 Å². The minimum absolute atomic E-state index is 0.0883. The molecule has 0 fully saturated rings. The van der Waals surface area contributed by atoms with Gasteiger partial charge in [-0.2, -0.15) is 0 Å². The van der Waals surface area contributed by atoms with Crippen LogP contribution in [0.25, 0.3) is 22.3 Å². The number of fused-ring (bicyclic) bond motifs is 3. The van der Waals surface area contributed by atoms with Crippen LogP contribution >= 0.6 is 0 Å². The molecule has 5 rings (SSSR count). The van der Waals surface area contributed by atoms with Crippen molar-refractivity contribution < 1.29 is 24.2 Å². The fourth-order valence-electron chi connectivity index (χ4n) is 4.94. The zero-order valence-corrected chi connectivity index (χ0v) is 20.4. The van der Waals surface area contributed by atoms with Crippen molar-refractivity contribution in [2.24, 2.45) is 0 Å². The summed E-state index contributed by atoms with van der Waals surface area (Å²) >= 11 is 0. The van der Waals surface area contributed by atoms with Crippen LogP contribution in [0.1, 0.15) is 22.6 Å². The number of amides is 1. The van der Waals surface area contributed by atoms with Gasteiger partial charge in [0.05, 0.1) is 7.11 Å². The van der Waals surface area contributed by atoms with Crippen LogP contribution in [0.3, 0.4) is 0 Å². The first-order valence-corrected chi connectivity index (χ1v) is 12.1. The second-order valence-corrected chi connectivity index (χ2v) is 8.97. The van der Waals surface area contributed by atoms with Crippen LogP contribution in [0.15, 0.2) is 97.1 Å². The third-order valence-electron chi connectivity index (χ3n) is 6.72. The number of benzene rings is 4. The van der Waals surface area contributed by atoms with Gasteiger partial charge in [0.2, 0.25) is 0 Å². The van der Waals surface area contributed by atoms with E-state index >= 15 is 0 Å². The minimum atomic E-state index is -1.15. The summed E-state index contributed by atoms with van der Waals surface area (Å²) in [5, 5.41) is 12.3. The maximum atomic E-state index is 12.7. The normalized spacial score (nSPS) is 12.8. The Morgan fingerprint density at radius 3 is 2.08 bits per heavy atom. The quantitative estimate of drug-likeness (QED) is 0.319. The lowest BCUT2D eigenvalue weighted by molar-refractivity contribution is -0.139. The van der Waals surface area contributed by atoms with E-state index in [1.54, 1.807) is 13.2 Å². The van der Waals surface area contributed by atoms with Gasteiger partial charge in [-0.15, -0.1) is 0 Å². The zero-order chi connectivity index (χ0) is 25.8. The number of carbonyl (C=O) groups excluding carboxylic acids is 1. The lowest BCUT2D eigenvalue weighted by Crippen LogP contribution is -2.42. The summed E-state index contributed by atoms with van der Waals surface area (Å²) < 4.78 is 11.1. The Morgan fingerprint density at radius 1 is 0.838 bits per heavy atom. The number of aliphatic carboxylic acids is 1. The molecular formula is C31H27NO5. The van der Waals surface area contributed by atoms with Gasteiger partial charge in [0.15, 0.2) is 0 Å². The molecule has 2 N–H and O–H groups in total. The topological polar surface area (TPSA) is 84.9 Å². The number of hydrogen-bond donors (Lipinski definition) is 2. The van der Waals surface area contributed by atoms with Crippen LogP contribution in [-0.2, 0) is 16.0 Å². The molecule has 0 spiro atoms. The molecule has 0 aliphatic heterocycles. The molecule has 6 heteroatoms. The molecule has 186 valence electrons. The van der Waals surface area contributed by atoms with E-state index in [4.69, 9.17) is 9.47 Å². The molecule has 1 atom stereocenters. The largest absolute Gasteiger partial charge is 0.496 e. The van der Waals surface area contributed by atoms with Gasteiger partial charge in [-0.1, -0.05) is 91.0 Å². The van der Waals surface area contributed by atoms with E-state index in [0.717, 1.165) is 38.9 Å². The van der Waals surface area contributed by atoms with Gasteiger partial charge < -0.3 is 19.9 Å². The van der Waals surface area contributed by atoms with Gasteiger partial charge in [0.1, 0.15) is 18.4 Å². The van der Waals surface area contributed by atoms with E-state index in [0.29, 0.717) is 5.75 Å². The lowest BCUT2D eigenvalue weighted by Gasteiger charge is -2.18. The SMILES string of the molecule is COc1cc(C[C@H](NC(=O)OCC2c3ccccc3-c3ccccc32)C(=O)O)ccc1-c1ccccc1. The molecule has 1 amide bonds. The Hall–Kier alpha value is -4.58. The van der Waals surface area contributed by atoms with Crippen LogP contribution in [-0.4, -0.2) is 36.9 Å².